The number of esters is 1. The second-order valence-corrected chi connectivity index (χ2v) is 10.6. The molecule has 190 valence electrons. The van der Waals surface area contributed by atoms with Crippen molar-refractivity contribution < 1.29 is 29.0 Å². The van der Waals surface area contributed by atoms with Crippen LogP contribution in [0.3, 0.4) is 0 Å². The van der Waals surface area contributed by atoms with Crippen LogP contribution in [-0.4, -0.2) is 45.2 Å². The molecule has 36 heavy (non-hydrogen) atoms. The fourth-order valence-corrected chi connectivity index (χ4v) is 3.51. The number of aromatic nitrogens is 1. The van der Waals surface area contributed by atoms with E-state index >= 15 is 0 Å². The first-order valence-electron chi connectivity index (χ1n) is 11.4. The molecule has 3 rings (SSSR count). The summed E-state index contributed by atoms with van der Waals surface area (Å²) in [6.07, 6.45) is 0.250. The molecule has 0 aliphatic rings. The zero-order chi connectivity index (χ0) is 27.1. The van der Waals surface area contributed by atoms with E-state index in [4.69, 9.17) is 14.3 Å². The molecule has 8 heteroatoms. The average molecular weight is 493 g/mol. The molecular weight excluding hydrogens is 460 g/mol. The minimum absolute atomic E-state index is 0.138. The van der Waals surface area contributed by atoms with E-state index in [2.05, 4.69) is 25.8 Å². The lowest BCUT2D eigenvalue weighted by Crippen LogP contribution is -2.37. The van der Waals surface area contributed by atoms with E-state index in [9.17, 15) is 14.7 Å². The molecule has 1 aromatic heterocycles. The molecule has 0 aliphatic heterocycles. The Morgan fingerprint density at radius 1 is 0.944 bits per heavy atom. The summed E-state index contributed by atoms with van der Waals surface area (Å²) in [7, 11) is 0. The van der Waals surface area contributed by atoms with Crippen LogP contribution < -0.4 is 0 Å². The van der Waals surface area contributed by atoms with Crippen LogP contribution in [0.5, 0.6) is 5.75 Å². The molecular formula is C28H32N2O6. The lowest BCUT2D eigenvalue weighted by atomic mass is 9.95. The predicted octanol–water partition coefficient (Wildman–Crippen LogP) is 5.00. The van der Waals surface area contributed by atoms with E-state index in [1.807, 2.05) is 32.9 Å². The van der Waals surface area contributed by atoms with Crippen molar-refractivity contribution in [2.45, 2.75) is 53.7 Å². The fourth-order valence-electron chi connectivity index (χ4n) is 3.51. The number of carbonyl (C=O) groups is 2. The third-order valence-electron chi connectivity index (χ3n) is 4.78. The second kappa shape index (κ2) is 11.6. The lowest BCUT2D eigenvalue weighted by Gasteiger charge is -2.30. The number of carbonyl (C=O) groups excluding carboxylic acids is 4. The Morgan fingerprint density at radius 3 is 2.19 bits per heavy atom. The maximum atomic E-state index is 13.5. The first kappa shape index (κ1) is 28.2. The van der Waals surface area contributed by atoms with Gasteiger partial charge >= 0.3 is 12.1 Å². The first-order chi connectivity index (χ1) is 16.7. The number of ether oxygens (including phenoxy) is 1. The van der Waals surface area contributed by atoms with Gasteiger partial charge in [-0.15, -0.1) is 0 Å². The molecule has 3 aromatic rings. The normalized spacial score (nSPS) is 11.2. The molecule has 1 heterocycles. The highest BCUT2D eigenvalue weighted by Gasteiger charge is 2.24. The lowest BCUT2D eigenvalue weighted by molar-refractivity contribution is -0.191. The standard InChI is InChI=1S/C27H32N2O4.CO2/c1-26(2,3)17-29(16-21-11-10-18-15-22(30)12-13-23(18)28-21)24(31)19-8-7-9-20(14-19)25(32)33-27(4,5)6;2-1-3/h7-15,30H,16-17H2,1-6H3;. The topological polar surface area (TPSA) is 114 Å². The van der Waals surface area contributed by atoms with Crippen LogP contribution in [-0.2, 0) is 20.9 Å². The van der Waals surface area contributed by atoms with E-state index < -0.39 is 11.6 Å². The Kier molecular flexibility index (Phi) is 9.09. The molecule has 0 aliphatic carbocycles. The predicted molar refractivity (Wildman–Crippen MR) is 134 cm³/mol. The summed E-state index contributed by atoms with van der Waals surface area (Å²) in [6.45, 7) is 12.5. The molecule has 0 saturated heterocycles. The summed E-state index contributed by atoms with van der Waals surface area (Å²) < 4.78 is 5.45. The maximum absolute atomic E-state index is 13.5. The van der Waals surface area contributed by atoms with Gasteiger partial charge in [0.2, 0.25) is 0 Å². The highest BCUT2D eigenvalue weighted by atomic mass is 16.6. The van der Waals surface area contributed by atoms with Gasteiger partial charge in [-0.05, 0) is 68.7 Å². The van der Waals surface area contributed by atoms with E-state index in [-0.39, 0.29) is 23.2 Å². The van der Waals surface area contributed by atoms with E-state index in [1.54, 1.807) is 47.4 Å². The van der Waals surface area contributed by atoms with Crippen molar-refractivity contribution in [1.29, 1.82) is 0 Å². The third kappa shape index (κ3) is 8.64. The van der Waals surface area contributed by atoms with Gasteiger partial charge in [0, 0.05) is 17.5 Å². The Balaban J connectivity index is 0.00000145. The molecule has 0 saturated carbocycles. The zero-order valence-electron chi connectivity index (χ0n) is 21.5. The molecule has 8 nitrogen and oxygen atoms in total. The van der Waals surface area contributed by atoms with Crippen molar-refractivity contribution >= 4 is 28.9 Å². The molecule has 2 aromatic carbocycles. The van der Waals surface area contributed by atoms with Crippen LogP contribution in [0.15, 0.2) is 54.6 Å². The van der Waals surface area contributed by atoms with Crippen molar-refractivity contribution in [3.63, 3.8) is 0 Å². The summed E-state index contributed by atoms with van der Waals surface area (Å²) in [5.41, 5.74) is 1.51. The zero-order valence-corrected chi connectivity index (χ0v) is 21.5. The highest BCUT2D eigenvalue weighted by molar-refractivity contribution is 5.98. The minimum atomic E-state index is -0.617. The van der Waals surface area contributed by atoms with Gasteiger partial charge in [-0.1, -0.05) is 32.9 Å². The van der Waals surface area contributed by atoms with E-state index in [0.29, 0.717) is 24.2 Å². The maximum Gasteiger partial charge on any atom is 0.373 e. The van der Waals surface area contributed by atoms with E-state index in [0.717, 1.165) is 16.6 Å². The van der Waals surface area contributed by atoms with Crippen LogP contribution in [0.2, 0.25) is 0 Å². The van der Waals surface area contributed by atoms with Gasteiger partial charge in [0.15, 0.2) is 0 Å². The number of rotatable bonds is 5. The highest BCUT2D eigenvalue weighted by Crippen LogP contribution is 2.23. The summed E-state index contributed by atoms with van der Waals surface area (Å²) in [5, 5.41) is 10.5. The molecule has 0 bridgehead atoms. The number of aromatic hydroxyl groups is 1. The minimum Gasteiger partial charge on any atom is -0.508 e. The number of benzene rings is 2. The van der Waals surface area contributed by atoms with Gasteiger partial charge in [0.05, 0.1) is 23.3 Å². The molecule has 0 radical (unpaired) electrons. The van der Waals surface area contributed by atoms with Crippen molar-refractivity contribution in [1.82, 2.24) is 9.88 Å². The average Bonchev–Trinajstić information content (AvgIpc) is 2.77. The van der Waals surface area contributed by atoms with Crippen LogP contribution in [0.25, 0.3) is 10.9 Å². The van der Waals surface area contributed by atoms with Crippen LogP contribution >= 0.6 is 0 Å². The van der Waals surface area contributed by atoms with Crippen molar-refractivity contribution in [2.24, 2.45) is 5.41 Å². The van der Waals surface area contributed by atoms with Crippen molar-refractivity contribution in [3.05, 3.63) is 71.4 Å². The van der Waals surface area contributed by atoms with Crippen LogP contribution in [0.1, 0.15) is 68.0 Å². The number of hydrogen-bond acceptors (Lipinski definition) is 7. The SMILES string of the molecule is CC(C)(C)CN(Cc1ccc2cc(O)ccc2n1)C(=O)c1cccc(C(=O)OC(C)(C)C)c1.O=C=O. The van der Waals surface area contributed by atoms with Gasteiger partial charge in [0.25, 0.3) is 5.91 Å². The molecule has 0 spiro atoms. The number of amides is 1. The summed E-state index contributed by atoms with van der Waals surface area (Å²) in [4.78, 5) is 48.7. The Hall–Kier alpha value is -4.03. The number of hydrogen-bond donors (Lipinski definition) is 1. The number of phenols is 1. The quantitative estimate of drug-likeness (QED) is 0.499. The third-order valence-corrected chi connectivity index (χ3v) is 4.78. The Bertz CT molecular complexity index is 1270. The summed E-state index contributed by atoms with van der Waals surface area (Å²) in [6, 6.07) is 15.4. The second-order valence-electron chi connectivity index (χ2n) is 10.6. The molecule has 1 N–H and O–H groups in total. The van der Waals surface area contributed by atoms with Gasteiger partial charge in [-0.3, -0.25) is 9.78 Å². The number of nitrogens with zero attached hydrogens (tertiary/aromatic N) is 2. The van der Waals surface area contributed by atoms with Gasteiger partial charge in [-0.25, -0.2) is 4.79 Å². The number of pyridine rings is 1. The Morgan fingerprint density at radius 2 is 1.58 bits per heavy atom. The van der Waals surface area contributed by atoms with Gasteiger partial charge < -0.3 is 14.7 Å². The van der Waals surface area contributed by atoms with Crippen LogP contribution in [0.4, 0.5) is 0 Å². The van der Waals surface area contributed by atoms with Gasteiger partial charge in [0.1, 0.15) is 11.4 Å². The molecule has 0 atom stereocenters. The molecule has 1 amide bonds. The molecule has 0 fully saturated rings. The summed E-state index contributed by atoms with van der Waals surface area (Å²) >= 11 is 0. The summed E-state index contributed by atoms with van der Waals surface area (Å²) in [5.74, 6) is -0.451. The Labute approximate surface area is 210 Å². The van der Waals surface area contributed by atoms with Gasteiger partial charge in [-0.2, -0.15) is 9.59 Å². The fraction of sp³-hybridized carbons (Fsp3) is 0.357. The first-order valence-corrected chi connectivity index (χ1v) is 11.4. The molecule has 0 unspecified atom stereocenters. The number of phenolic OH excluding ortho intramolecular Hbond substituents is 1. The monoisotopic (exact) mass is 492 g/mol. The number of fused-ring (bicyclic) bond motifs is 1. The smallest absolute Gasteiger partial charge is 0.373 e. The van der Waals surface area contributed by atoms with Crippen LogP contribution in [0, 0.1) is 5.41 Å². The van der Waals surface area contributed by atoms with Crippen molar-refractivity contribution in [3.8, 4) is 5.75 Å². The largest absolute Gasteiger partial charge is 0.508 e. The van der Waals surface area contributed by atoms with E-state index in [1.165, 1.54) is 0 Å². The van der Waals surface area contributed by atoms with Crippen molar-refractivity contribution in [2.75, 3.05) is 6.54 Å².